The normalized spacial score (nSPS) is 23.1. The molecule has 160 valence electrons. The molecule has 0 N–H and O–H groups in total. The van der Waals surface area contributed by atoms with Crippen LogP contribution in [0.5, 0.6) is 11.5 Å². The maximum absolute atomic E-state index is 11.4. The molecule has 0 amide bonds. The number of esters is 1. The molecule has 30 heavy (non-hydrogen) atoms. The van der Waals surface area contributed by atoms with Crippen molar-refractivity contribution >= 4 is 17.6 Å². The van der Waals surface area contributed by atoms with Crippen molar-refractivity contribution in [2.75, 3.05) is 20.3 Å². The van der Waals surface area contributed by atoms with E-state index >= 15 is 0 Å². The third-order valence-corrected chi connectivity index (χ3v) is 5.66. The average Bonchev–Trinajstić information content (AvgIpc) is 2.74. The molecule has 2 aliphatic heterocycles. The second-order valence-electron chi connectivity index (χ2n) is 7.50. The Morgan fingerprint density at radius 1 is 1.10 bits per heavy atom. The van der Waals surface area contributed by atoms with Gasteiger partial charge >= 0.3 is 5.97 Å². The number of benzene rings is 2. The minimum absolute atomic E-state index is 0.246. The summed E-state index contributed by atoms with van der Waals surface area (Å²) in [6.07, 6.45) is 0.823. The summed E-state index contributed by atoms with van der Waals surface area (Å²) >= 11 is 6.49. The molecule has 2 aliphatic rings. The van der Waals surface area contributed by atoms with Crippen LogP contribution in [0.25, 0.3) is 0 Å². The number of carbonyl (C=O) groups excluding carboxylic acids is 1. The topological polar surface area (TPSA) is 63.2 Å². The van der Waals surface area contributed by atoms with Gasteiger partial charge in [0.05, 0.1) is 6.10 Å². The highest BCUT2D eigenvalue weighted by atomic mass is 35.5. The Morgan fingerprint density at radius 3 is 2.67 bits per heavy atom. The van der Waals surface area contributed by atoms with Crippen molar-refractivity contribution in [2.24, 2.45) is 0 Å². The van der Waals surface area contributed by atoms with Gasteiger partial charge in [0, 0.05) is 31.9 Å². The van der Waals surface area contributed by atoms with Gasteiger partial charge < -0.3 is 23.7 Å². The molecule has 2 heterocycles. The van der Waals surface area contributed by atoms with Crippen LogP contribution in [-0.4, -0.2) is 38.7 Å². The van der Waals surface area contributed by atoms with Crippen molar-refractivity contribution in [1.29, 1.82) is 0 Å². The lowest BCUT2D eigenvalue weighted by Crippen LogP contribution is -2.35. The van der Waals surface area contributed by atoms with Gasteiger partial charge in [-0.2, -0.15) is 0 Å². The van der Waals surface area contributed by atoms with Crippen LogP contribution in [0.2, 0.25) is 5.02 Å². The molecule has 0 radical (unpaired) electrons. The van der Waals surface area contributed by atoms with E-state index in [9.17, 15) is 4.79 Å². The summed E-state index contributed by atoms with van der Waals surface area (Å²) in [6.45, 7) is 2.54. The standard InChI is InChI=1S/C23H25ClO6/c1-14(25)29-18-12-21(30-23(13-18)26-2)16-4-5-19(24)17(11-16)9-15-3-6-20-22(10-15)28-8-7-27-20/h3-6,10-11,18,21,23H,7-9,12-13H2,1-2H3. The Kier molecular flexibility index (Phi) is 6.46. The van der Waals surface area contributed by atoms with Gasteiger partial charge in [-0.1, -0.05) is 29.8 Å². The van der Waals surface area contributed by atoms with Crippen molar-refractivity contribution < 1.29 is 28.5 Å². The van der Waals surface area contributed by atoms with Crippen LogP contribution in [-0.2, 0) is 25.4 Å². The number of methoxy groups -OCH3 is 1. The summed E-state index contributed by atoms with van der Waals surface area (Å²) < 4.78 is 28.2. The van der Waals surface area contributed by atoms with E-state index < -0.39 is 6.29 Å². The first-order valence-corrected chi connectivity index (χ1v) is 10.4. The summed E-state index contributed by atoms with van der Waals surface area (Å²) in [6, 6.07) is 11.8. The van der Waals surface area contributed by atoms with Gasteiger partial charge in [-0.15, -0.1) is 0 Å². The molecule has 3 unspecified atom stereocenters. The van der Waals surface area contributed by atoms with E-state index in [1.54, 1.807) is 7.11 Å². The fourth-order valence-electron chi connectivity index (χ4n) is 3.89. The van der Waals surface area contributed by atoms with Crippen LogP contribution >= 0.6 is 11.6 Å². The van der Waals surface area contributed by atoms with Gasteiger partial charge in [0.1, 0.15) is 19.3 Å². The zero-order valence-electron chi connectivity index (χ0n) is 17.1. The van der Waals surface area contributed by atoms with Crippen LogP contribution in [0.1, 0.15) is 42.6 Å². The number of rotatable bonds is 5. The largest absolute Gasteiger partial charge is 0.486 e. The molecular formula is C23H25ClO6. The minimum Gasteiger partial charge on any atom is -0.486 e. The first-order valence-electron chi connectivity index (χ1n) is 10.0. The summed E-state index contributed by atoms with van der Waals surface area (Å²) in [4.78, 5) is 11.4. The second-order valence-corrected chi connectivity index (χ2v) is 7.91. The quantitative estimate of drug-likeness (QED) is 0.650. The van der Waals surface area contributed by atoms with Gasteiger partial charge in [-0.3, -0.25) is 4.79 Å². The number of hydrogen-bond donors (Lipinski definition) is 0. The maximum atomic E-state index is 11.4. The van der Waals surface area contributed by atoms with E-state index in [-0.39, 0.29) is 18.2 Å². The summed E-state index contributed by atoms with van der Waals surface area (Å²) in [5.74, 6) is 1.22. The Bertz CT molecular complexity index is 915. The molecule has 7 heteroatoms. The van der Waals surface area contributed by atoms with Crippen molar-refractivity contribution in [3.05, 3.63) is 58.1 Å². The van der Waals surface area contributed by atoms with Crippen molar-refractivity contribution in [3.8, 4) is 11.5 Å². The third kappa shape index (κ3) is 4.89. The molecular weight excluding hydrogens is 408 g/mol. The fourth-order valence-corrected chi connectivity index (χ4v) is 4.07. The molecule has 1 fully saturated rings. The zero-order valence-corrected chi connectivity index (χ0v) is 17.8. The third-order valence-electron chi connectivity index (χ3n) is 5.29. The number of hydrogen-bond acceptors (Lipinski definition) is 6. The highest BCUT2D eigenvalue weighted by molar-refractivity contribution is 6.31. The van der Waals surface area contributed by atoms with Crippen molar-refractivity contribution in [1.82, 2.24) is 0 Å². The van der Waals surface area contributed by atoms with E-state index in [1.165, 1.54) is 6.92 Å². The van der Waals surface area contributed by atoms with Crippen LogP contribution in [0.15, 0.2) is 36.4 Å². The fraction of sp³-hybridized carbons (Fsp3) is 0.435. The molecule has 0 spiro atoms. The molecule has 0 aromatic heterocycles. The Balaban J connectivity index is 1.54. The van der Waals surface area contributed by atoms with Gasteiger partial charge in [-0.05, 0) is 41.3 Å². The predicted octanol–water partition coefficient (Wildman–Crippen LogP) is 4.46. The van der Waals surface area contributed by atoms with E-state index in [4.69, 9.17) is 35.3 Å². The van der Waals surface area contributed by atoms with Gasteiger partial charge in [-0.25, -0.2) is 0 Å². The molecule has 6 nitrogen and oxygen atoms in total. The highest BCUT2D eigenvalue weighted by Gasteiger charge is 2.32. The van der Waals surface area contributed by atoms with E-state index in [1.807, 2.05) is 36.4 Å². The van der Waals surface area contributed by atoms with Crippen molar-refractivity contribution in [2.45, 2.75) is 44.7 Å². The van der Waals surface area contributed by atoms with E-state index in [0.717, 1.165) is 28.2 Å². The number of fused-ring (bicyclic) bond motifs is 1. The number of carbonyl (C=O) groups is 1. The molecule has 0 saturated carbocycles. The average molecular weight is 433 g/mol. The Labute approximate surface area is 181 Å². The summed E-state index contributed by atoms with van der Waals surface area (Å²) in [7, 11) is 1.59. The van der Waals surface area contributed by atoms with Gasteiger partial charge in [0.25, 0.3) is 0 Å². The van der Waals surface area contributed by atoms with Gasteiger partial charge in [0.15, 0.2) is 17.8 Å². The van der Waals surface area contributed by atoms with Crippen LogP contribution in [0.4, 0.5) is 0 Å². The zero-order chi connectivity index (χ0) is 21.1. The summed E-state index contributed by atoms with van der Waals surface area (Å²) in [5.41, 5.74) is 3.04. The first kappa shape index (κ1) is 21.0. The van der Waals surface area contributed by atoms with Crippen LogP contribution < -0.4 is 9.47 Å². The number of halogens is 1. The smallest absolute Gasteiger partial charge is 0.302 e. The molecule has 2 aromatic carbocycles. The Morgan fingerprint density at radius 2 is 1.90 bits per heavy atom. The molecule has 1 saturated heterocycles. The maximum Gasteiger partial charge on any atom is 0.302 e. The summed E-state index contributed by atoms with van der Waals surface area (Å²) in [5, 5.41) is 0.685. The van der Waals surface area contributed by atoms with Crippen molar-refractivity contribution in [3.63, 3.8) is 0 Å². The Hall–Kier alpha value is -2.28. The molecule has 2 aromatic rings. The SMILES string of the molecule is COC1CC(OC(C)=O)CC(c2ccc(Cl)c(Cc3ccc4c(c3)OCCO4)c2)O1. The second kappa shape index (κ2) is 9.25. The molecule has 4 rings (SSSR count). The van der Waals surface area contributed by atoms with E-state index in [2.05, 4.69) is 0 Å². The number of ether oxygens (including phenoxy) is 5. The van der Waals surface area contributed by atoms with Gasteiger partial charge in [0.2, 0.25) is 0 Å². The predicted molar refractivity (Wildman–Crippen MR) is 111 cm³/mol. The minimum atomic E-state index is -0.426. The van der Waals surface area contributed by atoms with Crippen LogP contribution in [0, 0.1) is 0 Å². The van der Waals surface area contributed by atoms with E-state index in [0.29, 0.717) is 37.5 Å². The lowest BCUT2D eigenvalue weighted by atomic mass is 9.95. The van der Waals surface area contributed by atoms with Crippen LogP contribution in [0.3, 0.4) is 0 Å². The lowest BCUT2D eigenvalue weighted by Gasteiger charge is -2.34. The first-order chi connectivity index (χ1) is 14.5. The monoisotopic (exact) mass is 432 g/mol. The molecule has 0 bridgehead atoms. The highest BCUT2D eigenvalue weighted by Crippen LogP contribution is 2.36. The molecule has 3 atom stereocenters. The lowest BCUT2D eigenvalue weighted by molar-refractivity contribution is -0.213. The molecule has 0 aliphatic carbocycles.